The number of hydrogen-bond acceptors (Lipinski definition) is 6. The number of rotatable bonds is 5. The number of aryl methyl sites for hydroxylation is 3. The molecule has 2 heterocycles. The number of thioether (sulfide) groups is 1. The Morgan fingerprint density at radius 1 is 0.912 bits per heavy atom. The quantitative estimate of drug-likeness (QED) is 0.225. The third kappa shape index (κ3) is 4.03. The van der Waals surface area contributed by atoms with Crippen molar-refractivity contribution in [3.63, 3.8) is 0 Å². The highest BCUT2D eigenvalue weighted by Gasteiger charge is 2.22. The summed E-state index contributed by atoms with van der Waals surface area (Å²) < 4.78 is 7.73. The molecule has 0 aliphatic carbocycles. The van der Waals surface area contributed by atoms with E-state index in [0.29, 0.717) is 27.8 Å². The second-order valence-corrected chi connectivity index (χ2v) is 9.68. The highest BCUT2D eigenvalue weighted by Crippen LogP contribution is 2.36. The molecule has 0 aliphatic rings. The SMILES string of the molecule is Cc1cccc(-c2nnc(C(C)Sc3nc4ccccc4c(=O)n3-c3c(C)cccc3C)o2)c1. The first-order valence-electron chi connectivity index (χ1n) is 11.1. The monoisotopic (exact) mass is 468 g/mol. The van der Waals surface area contributed by atoms with Crippen molar-refractivity contribution in [2.24, 2.45) is 0 Å². The third-order valence-electron chi connectivity index (χ3n) is 5.74. The summed E-state index contributed by atoms with van der Waals surface area (Å²) in [6.45, 7) is 8.02. The number of fused-ring (bicyclic) bond motifs is 1. The fraction of sp³-hybridized carbons (Fsp3) is 0.185. The van der Waals surface area contributed by atoms with Crippen molar-refractivity contribution in [3.05, 3.63) is 99.7 Å². The minimum Gasteiger partial charge on any atom is -0.419 e. The van der Waals surface area contributed by atoms with Gasteiger partial charge in [-0.15, -0.1) is 10.2 Å². The fourth-order valence-electron chi connectivity index (χ4n) is 4.05. The first-order chi connectivity index (χ1) is 16.4. The highest BCUT2D eigenvalue weighted by atomic mass is 32.2. The van der Waals surface area contributed by atoms with E-state index in [1.54, 1.807) is 4.57 Å². The van der Waals surface area contributed by atoms with Gasteiger partial charge in [-0.1, -0.05) is 59.8 Å². The zero-order chi connectivity index (χ0) is 23.8. The first-order valence-corrected chi connectivity index (χ1v) is 12.0. The summed E-state index contributed by atoms with van der Waals surface area (Å²) in [5.41, 5.74) is 5.44. The Hall–Kier alpha value is -3.71. The van der Waals surface area contributed by atoms with Gasteiger partial charge in [0, 0.05) is 5.56 Å². The largest absolute Gasteiger partial charge is 0.419 e. The summed E-state index contributed by atoms with van der Waals surface area (Å²) in [5.74, 6) is 0.960. The number of benzene rings is 3. The van der Waals surface area contributed by atoms with Crippen LogP contribution in [0.3, 0.4) is 0 Å². The van der Waals surface area contributed by atoms with Crippen LogP contribution >= 0.6 is 11.8 Å². The Labute approximate surface area is 201 Å². The molecule has 6 nitrogen and oxygen atoms in total. The van der Waals surface area contributed by atoms with Crippen LogP contribution in [0, 0.1) is 20.8 Å². The van der Waals surface area contributed by atoms with E-state index in [1.807, 2.05) is 94.4 Å². The van der Waals surface area contributed by atoms with E-state index in [2.05, 4.69) is 10.2 Å². The van der Waals surface area contributed by atoms with Gasteiger partial charge in [0.2, 0.25) is 11.8 Å². The molecule has 0 fully saturated rings. The van der Waals surface area contributed by atoms with E-state index in [4.69, 9.17) is 9.40 Å². The third-order valence-corrected chi connectivity index (χ3v) is 6.78. The Balaban J connectivity index is 1.60. The molecular weight excluding hydrogens is 444 g/mol. The van der Waals surface area contributed by atoms with Gasteiger partial charge in [-0.3, -0.25) is 9.36 Å². The molecular formula is C27H24N4O2S. The lowest BCUT2D eigenvalue weighted by Gasteiger charge is -2.18. The molecule has 1 atom stereocenters. The van der Waals surface area contributed by atoms with Gasteiger partial charge in [-0.2, -0.15) is 0 Å². The topological polar surface area (TPSA) is 73.8 Å². The molecule has 5 rings (SSSR count). The van der Waals surface area contributed by atoms with Crippen LogP contribution in [-0.4, -0.2) is 19.7 Å². The molecule has 0 bridgehead atoms. The van der Waals surface area contributed by atoms with E-state index < -0.39 is 0 Å². The number of para-hydroxylation sites is 2. The zero-order valence-corrected chi connectivity index (χ0v) is 20.3. The van der Waals surface area contributed by atoms with E-state index in [-0.39, 0.29) is 10.8 Å². The van der Waals surface area contributed by atoms with Crippen molar-refractivity contribution in [1.29, 1.82) is 0 Å². The standard InChI is InChI=1S/C27H24N4O2S/c1-16-9-7-12-20(15-16)25-30-29-24(33-25)19(4)34-27-28-22-14-6-5-13-21(22)26(32)31(27)23-17(2)10-8-11-18(23)3/h5-15,19H,1-4H3. The average Bonchev–Trinajstić information content (AvgIpc) is 3.31. The molecule has 1 unspecified atom stereocenters. The molecule has 0 aliphatic heterocycles. The van der Waals surface area contributed by atoms with Crippen LogP contribution in [-0.2, 0) is 0 Å². The molecule has 0 amide bonds. The summed E-state index contributed by atoms with van der Waals surface area (Å²) in [6.07, 6.45) is 0. The summed E-state index contributed by atoms with van der Waals surface area (Å²) in [4.78, 5) is 18.5. The van der Waals surface area contributed by atoms with Crippen molar-refractivity contribution >= 4 is 22.7 Å². The van der Waals surface area contributed by atoms with Crippen LogP contribution in [0.4, 0.5) is 0 Å². The maximum Gasteiger partial charge on any atom is 0.266 e. The van der Waals surface area contributed by atoms with Crippen molar-refractivity contribution in [1.82, 2.24) is 19.7 Å². The molecule has 7 heteroatoms. The molecule has 2 aromatic heterocycles. The van der Waals surface area contributed by atoms with E-state index in [0.717, 1.165) is 27.9 Å². The summed E-state index contributed by atoms with van der Waals surface area (Å²) >= 11 is 1.43. The van der Waals surface area contributed by atoms with Crippen molar-refractivity contribution in [2.45, 2.75) is 38.1 Å². The molecule has 0 radical (unpaired) electrons. The normalized spacial score (nSPS) is 12.2. The van der Waals surface area contributed by atoms with Crippen molar-refractivity contribution < 1.29 is 4.42 Å². The lowest BCUT2D eigenvalue weighted by molar-refractivity contribution is 0.508. The smallest absolute Gasteiger partial charge is 0.266 e. The highest BCUT2D eigenvalue weighted by molar-refractivity contribution is 7.99. The van der Waals surface area contributed by atoms with Gasteiger partial charge < -0.3 is 4.42 Å². The number of aromatic nitrogens is 4. The molecule has 5 aromatic rings. The van der Waals surface area contributed by atoms with E-state index >= 15 is 0 Å². The zero-order valence-electron chi connectivity index (χ0n) is 19.4. The van der Waals surface area contributed by atoms with Gasteiger partial charge in [0.05, 0.1) is 21.8 Å². The number of nitrogens with zero attached hydrogens (tertiary/aromatic N) is 4. The average molecular weight is 469 g/mol. The molecule has 0 saturated carbocycles. The molecule has 0 saturated heterocycles. The van der Waals surface area contributed by atoms with Crippen LogP contribution in [0.1, 0.15) is 34.8 Å². The summed E-state index contributed by atoms with van der Waals surface area (Å²) in [6, 6.07) is 21.4. The first kappa shape index (κ1) is 22.1. The summed E-state index contributed by atoms with van der Waals surface area (Å²) in [5, 5.41) is 9.49. The van der Waals surface area contributed by atoms with Gasteiger partial charge in [-0.05, 0) is 63.1 Å². The maximum absolute atomic E-state index is 13.7. The Morgan fingerprint density at radius 2 is 1.65 bits per heavy atom. The van der Waals surface area contributed by atoms with Crippen LogP contribution < -0.4 is 5.56 Å². The van der Waals surface area contributed by atoms with E-state index in [9.17, 15) is 4.79 Å². The van der Waals surface area contributed by atoms with Crippen molar-refractivity contribution in [3.8, 4) is 17.1 Å². The molecule has 170 valence electrons. The Morgan fingerprint density at radius 3 is 2.41 bits per heavy atom. The van der Waals surface area contributed by atoms with Gasteiger partial charge >= 0.3 is 0 Å². The van der Waals surface area contributed by atoms with Gasteiger partial charge in [0.15, 0.2) is 5.16 Å². The minimum atomic E-state index is -0.213. The Bertz CT molecular complexity index is 1550. The predicted octanol–water partition coefficient (Wildman–Crippen LogP) is 6.21. The number of hydrogen-bond donors (Lipinski definition) is 0. The summed E-state index contributed by atoms with van der Waals surface area (Å²) in [7, 11) is 0. The van der Waals surface area contributed by atoms with Gasteiger partial charge in [-0.25, -0.2) is 4.98 Å². The van der Waals surface area contributed by atoms with Crippen LogP contribution in [0.2, 0.25) is 0 Å². The lowest BCUT2D eigenvalue weighted by atomic mass is 10.1. The molecule has 0 spiro atoms. The van der Waals surface area contributed by atoms with Gasteiger partial charge in [0.1, 0.15) is 0 Å². The predicted molar refractivity (Wildman–Crippen MR) is 136 cm³/mol. The molecule has 3 aromatic carbocycles. The van der Waals surface area contributed by atoms with E-state index in [1.165, 1.54) is 11.8 Å². The Kier molecular flexibility index (Phi) is 5.79. The van der Waals surface area contributed by atoms with Crippen LogP contribution in [0.25, 0.3) is 28.0 Å². The fourth-order valence-corrected chi connectivity index (χ4v) is 4.99. The van der Waals surface area contributed by atoms with Crippen LogP contribution in [0.15, 0.2) is 81.1 Å². The second kappa shape index (κ2) is 8.91. The van der Waals surface area contributed by atoms with Gasteiger partial charge in [0.25, 0.3) is 5.56 Å². The minimum absolute atomic E-state index is 0.0938. The second-order valence-electron chi connectivity index (χ2n) is 8.37. The maximum atomic E-state index is 13.7. The van der Waals surface area contributed by atoms with Crippen molar-refractivity contribution in [2.75, 3.05) is 0 Å². The molecule has 34 heavy (non-hydrogen) atoms. The molecule has 0 N–H and O–H groups in total. The van der Waals surface area contributed by atoms with Crippen LogP contribution in [0.5, 0.6) is 0 Å². The lowest BCUT2D eigenvalue weighted by Crippen LogP contribution is -2.23.